The fourth-order valence-corrected chi connectivity index (χ4v) is 2.73. The molecule has 0 aliphatic rings. The van der Waals surface area contributed by atoms with E-state index in [0.29, 0.717) is 30.4 Å². The standard InChI is InChI=1S/C19H24N6O2/c1-12(2)25-11-22-15-17(21-9-10-27-4)23-16(24-18(15)25)13-5-7-14(8-6-13)19(26)20-3/h5-8,11-12H,9-10H2,1-4H3,(H,20,26)(H,21,23,24). The number of carbonyl (C=O) groups is 1. The predicted molar refractivity (Wildman–Crippen MR) is 105 cm³/mol. The molecule has 27 heavy (non-hydrogen) atoms. The highest BCUT2D eigenvalue weighted by Crippen LogP contribution is 2.26. The fourth-order valence-electron chi connectivity index (χ4n) is 2.73. The molecule has 142 valence electrons. The molecule has 3 aromatic rings. The Kier molecular flexibility index (Phi) is 5.66. The number of imidazole rings is 1. The molecule has 0 spiro atoms. The molecule has 1 amide bonds. The molecule has 1 aromatic carbocycles. The second kappa shape index (κ2) is 8.13. The molecule has 0 radical (unpaired) electrons. The number of anilines is 1. The first-order valence-electron chi connectivity index (χ1n) is 8.85. The Morgan fingerprint density at radius 1 is 1.22 bits per heavy atom. The zero-order chi connectivity index (χ0) is 19.4. The summed E-state index contributed by atoms with van der Waals surface area (Å²) in [5, 5.41) is 5.89. The number of rotatable bonds is 7. The van der Waals surface area contributed by atoms with Gasteiger partial charge in [-0.3, -0.25) is 4.79 Å². The number of nitrogens with one attached hydrogen (secondary N) is 2. The highest BCUT2D eigenvalue weighted by atomic mass is 16.5. The van der Waals surface area contributed by atoms with Crippen molar-refractivity contribution in [2.45, 2.75) is 19.9 Å². The molecule has 0 bridgehead atoms. The molecule has 8 heteroatoms. The van der Waals surface area contributed by atoms with Gasteiger partial charge in [0.25, 0.3) is 5.91 Å². The molecule has 2 heterocycles. The summed E-state index contributed by atoms with van der Waals surface area (Å²) in [6, 6.07) is 7.45. The Hall–Kier alpha value is -3.00. The van der Waals surface area contributed by atoms with Gasteiger partial charge < -0.3 is 19.9 Å². The predicted octanol–water partition coefficient (Wildman–Crippen LogP) is 2.49. The maximum Gasteiger partial charge on any atom is 0.251 e. The first kappa shape index (κ1) is 18.8. The molecule has 8 nitrogen and oxygen atoms in total. The molecule has 0 aliphatic carbocycles. The minimum Gasteiger partial charge on any atom is -0.383 e. The van der Waals surface area contributed by atoms with Crippen LogP contribution in [0, 0.1) is 0 Å². The number of ether oxygens (including phenoxy) is 1. The first-order valence-corrected chi connectivity index (χ1v) is 8.85. The van der Waals surface area contributed by atoms with Crippen molar-refractivity contribution in [1.29, 1.82) is 0 Å². The van der Waals surface area contributed by atoms with E-state index in [-0.39, 0.29) is 11.9 Å². The lowest BCUT2D eigenvalue weighted by molar-refractivity contribution is 0.0963. The lowest BCUT2D eigenvalue weighted by Gasteiger charge is -2.11. The second-order valence-electron chi connectivity index (χ2n) is 6.39. The van der Waals surface area contributed by atoms with Crippen LogP contribution in [0.2, 0.25) is 0 Å². The molecule has 2 aromatic heterocycles. The summed E-state index contributed by atoms with van der Waals surface area (Å²) in [7, 11) is 3.27. The number of methoxy groups -OCH3 is 1. The third kappa shape index (κ3) is 3.90. The van der Waals surface area contributed by atoms with Crippen LogP contribution in [0.1, 0.15) is 30.2 Å². The van der Waals surface area contributed by atoms with Crippen LogP contribution in [-0.2, 0) is 4.74 Å². The van der Waals surface area contributed by atoms with E-state index >= 15 is 0 Å². The summed E-state index contributed by atoms with van der Waals surface area (Å²) < 4.78 is 7.13. The average molecular weight is 368 g/mol. The van der Waals surface area contributed by atoms with Crippen LogP contribution >= 0.6 is 0 Å². The fraction of sp³-hybridized carbons (Fsp3) is 0.368. The van der Waals surface area contributed by atoms with Crippen molar-refractivity contribution in [3.05, 3.63) is 36.2 Å². The number of fused-ring (bicyclic) bond motifs is 1. The largest absolute Gasteiger partial charge is 0.383 e. The smallest absolute Gasteiger partial charge is 0.251 e. The van der Waals surface area contributed by atoms with Crippen molar-refractivity contribution in [3.63, 3.8) is 0 Å². The molecular weight excluding hydrogens is 344 g/mol. The van der Waals surface area contributed by atoms with Crippen molar-refractivity contribution in [2.75, 3.05) is 32.6 Å². The van der Waals surface area contributed by atoms with E-state index in [1.165, 1.54) is 0 Å². The number of hydrogen-bond donors (Lipinski definition) is 2. The van der Waals surface area contributed by atoms with Gasteiger partial charge in [0.15, 0.2) is 17.3 Å². The highest BCUT2D eigenvalue weighted by Gasteiger charge is 2.16. The third-order valence-corrected chi connectivity index (χ3v) is 4.21. The Morgan fingerprint density at radius 2 is 1.96 bits per heavy atom. The van der Waals surface area contributed by atoms with E-state index in [2.05, 4.69) is 34.4 Å². The summed E-state index contributed by atoms with van der Waals surface area (Å²) in [4.78, 5) is 25.6. The van der Waals surface area contributed by atoms with Gasteiger partial charge >= 0.3 is 0 Å². The Bertz CT molecular complexity index is 933. The molecule has 0 aliphatic heterocycles. The molecule has 0 saturated heterocycles. The normalized spacial score (nSPS) is 11.1. The van der Waals surface area contributed by atoms with Gasteiger partial charge in [-0.1, -0.05) is 12.1 Å². The summed E-state index contributed by atoms with van der Waals surface area (Å²) in [5.41, 5.74) is 2.92. The van der Waals surface area contributed by atoms with Crippen LogP contribution in [0.4, 0.5) is 5.82 Å². The number of benzene rings is 1. The quantitative estimate of drug-likeness (QED) is 0.622. The van der Waals surface area contributed by atoms with Crippen LogP contribution in [0.25, 0.3) is 22.6 Å². The van der Waals surface area contributed by atoms with Crippen LogP contribution in [0.3, 0.4) is 0 Å². The van der Waals surface area contributed by atoms with Gasteiger partial charge in [-0.05, 0) is 26.0 Å². The van der Waals surface area contributed by atoms with E-state index in [1.54, 1.807) is 32.6 Å². The van der Waals surface area contributed by atoms with Crippen molar-refractivity contribution in [2.24, 2.45) is 0 Å². The molecule has 0 saturated carbocycles. The van der Waals surface area contributed by atoms with Crippen LogP contribution in [-0.4, -0.2) is 52.7 Å². The number of carbonyl (C=O) groups excluding carboxylic acids is 1. The Balaban J connectivity index is 2.06. The molecule has 2 N–H and O–H groups in total. The van der Waals surface area contributed by atoms with E-state index in [1.807, 2.05) is 16.7 Å². The summed E-state index contributed by atoms with van der Waals surface area (Å²) in [6.07, 6.45) is 1.78. The zero-order valence-corrected chi connectivity index (χ0v) is 16.0. The number of aromatic nitrogens is 4. The topological polar surface area (TPSA) is 94.0 Å². The van der Waals surface area contributed by atoms with Crippen molar-refractivity contribution < 1.29 is 9.53 Å². The van der Waals surface area contributed by atoms with Crippen LogP contribution < -0.4 is 10.6 Å². The third-order valence-electron chi connectivity index (χ3n) is 4.21. The van der Waals surface area contributed by atoms with Crippen molar-refractivity contribution in [3.8, 4) is 11.4 Å². The second-order valence-corrected chi connectivity index (χ2v) is 6.39. The monoisotopic (exact) mass is 368 g/mol. The van der Waals surface area contributed by atoms with E-state index in [0.717, 1.165) is 16.7 Å². The molecule has 0 atom stereocenters. The summed E-state index contributed by atoms with van der Waals surface area (Å²) in [5.74, 6) is 1.12. The van der Waals surface area contributed by atoms with Gasteiger partial charge in [-0.2, -0.15) is 0 Å². The minimum absolute atomic E-state index is 0.127. The average Bonchev–Trinajstić information content (AvgIpc) is 3.12. The maximum absolute atomic E-state index is 11.7. The Morgan fingerprint density at radius 3 is 2.59 bits per heavy atom. The van der Waals surface area contributed by atoms with Gasteiger partial charge in [0.05, 0.1) is 12.9 Å². The SMILES string of the molecule is CNC(=O)c1ccc(-c2nc(NCCOC)c3ncn(C(C)C)c3n2)cc1. The van der Waals surface area contributed by atoms with Crippen molar-refractivity contribution in [1.82, 2.24) is 24.8 Å². The molecule has 3 rings (SSSR count). The van der Waals surface area contributed by atoms with Gasteiger partial charge in [-0.25, -0.2) is 15.0 Å². The van der Waals surface area contributed by atoms with Gasteiger partial charge in [0.1, 0.15) is 5.52 Å². The molecule has 0 fully saturated rings. The van der Waals surface area contributed by atoms with E-state index in [4.69, 9.17) is 9.72 Å². The van der Waals surface area contributed by atoms with E-state index < -0.39 is 0 Å². The number of hydrogen-bond acceptors (Lipinski definition) is 6. The van der Waals surface area contributed by atoms with Crippen molar-refractivity contribution >= 4 is 22.9 Å². The maximum atomic E-state index is 11.7. The van der Waals surface area contributed by atoms with Crippen LogP contribution in [0.15, 0.2) is 30.6 Å². The van der Waals surface area contributed by atoms with Gasteiger partial charge in [0.2, 0.25) is 0 Å². The lowest BCUT2D eigenvalue weighted by Crippen LogP contribution is -2.17. The molecule has 0 unspecified atom stereocenters. The Labute approximate surface area is 158 Å². The van der Waals surface area contributed by atoms with E-state index in [9.17, 15) is 4.79 Å². The first-order chi connectivity index (χ1) is 13.0. The molecular formula is C19H24N6O2. The van der Waals surface area contributed by atoms with Gasteiger partial charge in [-0.15, -0.1) is 0 Å². The van der Waals surface area contributed by atoms with Crippen LogP contribution in [0.5, 0.6) is 0 Å². The summed E-state index contributed by atoms with van der Waals surface area (Å²) in [6.45, 7) is 5.34. The highest BCUT2D eigenvalue weighted by molar-refractivity contribution is 5.94. The zero-order valence-electron chi connectivity index (χ0n) is 16.0. The number of nitrogens with zero attached hydrogens (tertiary/aromatic N) is 4. The lowest BCUT2D eigenvalue weighted by atomic mass is 10.1. The van der Waals surface area contributed by atoms with Gasteiger partial charge in [0, 0.05) is 37.9 Å². The number of amides is 1. The summed E-state index contributed by atoms with van der Waals surface area (Å²) >= 11 is 0. The minimum atomic E-state index is -0.127.